The number of hydrogen-bond donors (Lipinski definition) is 1. The van der Waals surface area contributed by atoms with Gasteiger partial charge in [-0.3, -0.25) is 4.79 Å². The van der Waals surface area contributed by atoms with Gasteiger partial charge in [0.15, 0.2) is 0 Å². The first-order valence-corrected chi connectivity index (χ1v) is 7.83. The molecule has 1 unspecified atom stereocenters. The van der Waals surface area contributed by atoms with E-state index in [2.05, 4.69) is 23.2 Å². The van der Waals surface area contributed by atoms with Crippen LogP contribution in [0.5, 0.6) is 0 Å². The number of benzene rings is 2. The molecule has 1 atom stereocenters. The number of carbonyl (C=O) groups excluding carboxylic acids is 1. The SMILES string of the molecule is O=C(c1ccc(F)cc1)N1CCC(c2cc3ccccc3[nH]2)C1. The standard InChI is InChI=1S/C19H17FN2O/c20-16-7-5-13(6-8-16)19(23)22-10-9-15(12-22)18-11-14-3-1-2-4-17(14)21-18/h1-8,11,15,21H,9-10,12H2. The maximum absolute atomic E-state index is 13.0. The van der Waals surface area contributed by atoms with Gasteiger partial charge < -0.3 is 9.88 Å². The van der Waals surface area contributed by atoms with Crippen LogP contribution in [0.2, 0.25) is 0 Å². The van der Waals surface area contributed by atoms with Crippen LogP contribution < -0.4 is 0 Å². The second-order valence-electron chi connectivity index (χ2n) is 6.06. The molecular weight excluding hydrogens is 291 g/mol. The number of aromatic nitrogens is 1. The minimum Gasteiger partial charge on any atom is -0.358 e. The molecule has 1 aromatic heterocycles. The second kappa shape index (κ2) is 5.54. The van der Waals surface area contributed by atoms with Crippen LogP contribution in [0.15, 0.2) is 54.6 Å². The number of para-hydroxylation sites is 1. The smallest absolute Gasteiger partial charge is 0.253 e. The molecular formula is C19H17FN2O. The zero-order valence-corrected chi connectivity index (χ0v) is 12.6. The van der Waals surface area contributed by atoms with Crippen LogP contribution in [-0.2, 0) is 0 Å². The number of likely N-dealkylation sites (tertiary alicyclic amines) is 1. The van der Waals surface area contributed by atoms with Crippen LogP contribution in [0.25, 0.3) is 10.9 Å². The topological polar surface area (TPSA) is 36.1 Å². The van der Waals surface area contributed by atoms with E-state index in [0.717, 1.165) is 18.5 Å². The van der Waals surface area contributed by atoms with E-state index in [0.29, 0.717) is 18.0 Å². The highest BCUT2D eigenvalue weighted by Crippen LogP contribution is 2.30. The molecule has 0 radical (unpaired) electrons. The van der Waals surface area contributed by atoms with Crippen molar-refractivity contribution in [1.29, 1.82) is 0 Å². The summed E-state index contributed by atoms with van der Waals surface area (Å²) in [6.45, 7) is 1.43. The molecule has 23 heavy (non-hydrogen) atoms. The van der Waals surface area contributed by atoms with E-state index in [9.17, 15) is 9.18 Å². The minimum absolute atomic E-state index is 0.0244. The highest BCUT2D eigenvalue weighted by atomic mass is 19.1. The summed E-state index contributed by atoms with van der Waals surface area (Å²) in [5.74, 6) is -0.0191. The van der Waals surface area contributed by atoms with Gasteiger partial charge in [0.25, 0.3) is 5.91 Å². The molecule has 1 saturated heterocycles. The Hall–Kier alpha value is -2.62. The Labute approximate surface area is 133 Å². The average molecular weight is 308 g/mol. The Balaban J connectivity index is 1.52. The van der Waals surface area contributed by atoms with Gasteiger partial charge in [-0.2, -0.15) is 0 Å². The maximum Gasteiger partial charge on any atom is 0.253 e. The molecule has 2 aromatic carbocycles. The molecule has 4 heteroatoms. The van der Waals surface area contributed by atoms with Gasteiger partial charge in [-0.25, -0.2) is 4.39 Å². The molecule has 3 nitrogen and oxygen atoms in total. The van der Waals surface area contributed by atoms with Crippen LogP contribution >= 0.6 is 0 Å². The summed E-state index contributed by atoms with van der Waals surface area (Å²) >= 11 is 0. The van der Waals surface area contributed by atoms with Gasteiger partial charge in [-0.1, -0.05) is 18.2 Å². The van der Waals surface area contributed by atoms with Crippen LogP contribution in [0.3, 0.4) is 0 Å². The van der Waals surface area contributed by atoms with Crippen LogP contribution in [-0.4, -0.2) is 28.9 Å². The number of nitrogens with zero attached hydrogens (tertiary/aromatic N) is 1. The fourth-order valence-electron chi connectivity index (χ4n) is 3.29. The third kappa shape index (κ3) is 2.61. The van der Waals surface area contributed by atoms with E-state index >= 15 is 0 Å². The lowest BCUT2D eigenvalue weighted by Crippen LogP contribution is -2.28. The van der Waals surface area contributed by atoms with Crippen LogP contribution in [0, 0.1) is 5.82 Å². The van der Waals surface area contributed by atoms with Gasteiger partial charge in [0.1, 0.15) is 5.82 Å². The van der Waals surface area contributed by atoms with Crippen molar-refractivity contribution in [2.75, 3.05) is 13.1 Å². The molecule has 1 N–H and O–H groups in total. The van der Waals surface area contributed by atoms with Gasteiger partial charge in [0, 0.05) is 35.8 Å². The van der Waals surface area contributed by atoms with Gasteiger partial charge in [0.2, 0.25) is 0 Å². The zero-order valence-electron chi connectivity index (χ0n) is 12.6. The Morgan fingerprint density at radius 2 is 1.91 bits per heavy atom. The third-order valence-electron chi connectivity index (χ3n) is 4.56. The highest BCUT2D eigenvalue weighted by Gasteiger charge is 2.28. The Bertz CT molecular complexity index is 820. The summed E-state index contributed by atoms with van der Waals surface area (Å²) in [6.07, 6.45) is 0.944. The lowest BCUT2D eigenvalue weighted by molar-refractivity contribution is 0.0790. The van der Waals surface area contributed by atoms with Crippen molar-refractivity contribution in [3.8, 4) is 0 Å². The van der Waals surface area contributed by atoms with E-state index in [-0.39, 0.29) is 11.7 Å². The van der Waals surface area contributed by atoms with Crippen LogP contribution in [0.4, 0.5) is 4.39 Å². The molecule has 1 amide bonds. The molecule has 0 spiro atoms. The molecule has 0 saturated carbocycles. The summed E-state index contributed by atoms with van der Waals surface area (Å²) in [5, 5.41) is 1.20. The number of carbonyl (C=O) groups is 1. The Kier molecular flexibility index (Phi) is 3.37. The first kappa shape index (κ1) is 14.0. The third-order valence-corrected chi connectivity index (χ3v) is 4.56. The zero-order chi connectivity index (χ0) is 15.8. The van der Waals surface area contributed by atoms with Crippen molar-refractivity contribution in [2.45, 2.75) is 12.3 Å². The van der Waals surface area contributed by atoms with Crippen molar-refractivity contribution in [1.82, 2.24) is 9.88 Å². The maximum atomic E-state index is 13.0. The number of amides is 1. The molecule has 4 rings (SSSR count). The lowest BCUT2D eigenvalue weighted by Gasteiger charge is -2.16. The van der Waals surface area contributed by atoms with Crippen molar-refractivity contribution < 1.29 is 9.18 Å². The fraction of sp³-hybridized carbons (Fsp3) is 0.211. The van der Waals surface area contributed by atoms with Crippen molar-refractivity contribution >= 4 is 16.8 Å². The molecule has 1 aliphatic rings. The number of H-pyrrole nitrogens is 1. The molecule has 0 bridgehead atoms. The fourth-order valence-corrected chi connectivity index (χ4v) is 3.29. The van der Waals surface area contributed by atoms with Gasteiger partial charge in [-0.15, -0.1) is 0 Å². The van der Waals surface area contributed by atoms with Gasteiger partial charge >= 0.3 is 0 Å². The van der Waals surface area contributed by atoms with Crippen molar-refractivity contribution in [3.63, 3.8) is 0 Å². The molecule has 1 aliphatic heterocycles. The highest BCUT2D eigenvalue weighted by molar-refractivity contribution is 5.94. The number of hydrogen-bond acceptors (Lipinski definition) is 1. The first-order chi connectivity index (χ1) is 11.2. The van der Waals surface area contributed by atoms with Crippen molar-refractivity contribution in [3.05, 3.63) is 71.7 Å². The molecule has 116 valence electrons. The molecule has 1 fully saturated rings. The second-order valence-corrected chi connectivity index (χ2v) is 6.06. The lowest BCUT2D eigenvalue weighted by atomic mass is 10.1. The average Bonchev–Trinajstić information content (AvgIpc) is 3.21. The monoisotopic (exact) mass is 308 g/mol. The molecule has 0 aliphatic carbocycles. The summed E-state index contributed by atoms with van der Waals surface area (Å²) < 4.78 is 13.0. The first-order valence-electron chi connectivity index (χ1n) is 7.83. The summed E-state index contributed by atoms with van der Waals surface area (Å²) in [4.78, 5) is 17.8. The molecule has 2 heterocycles. The number of nitrogens with one attached hydrogen (secondary N) is 1. The van der Waals surface area contributed by atoms with E-state index in [1.807, 2.05) is 17.0 Å². The van der Waals surface area contributed by atoms with E-state index in [1.165, 1.54) is 23.2 Å². The van der Waals surface area contributed by atoms with Gasteiger partial charge in [-0.05, 0) is 48.2 Å². The summed E-state index contributed by atoms with van der Waals surface area (Å²) in [7, 11) is 0. The summed E-state index contributed by atoms with van der Waals surface area (Å²) in [6, 6.07) is 16.1. The van der Waals surface area contributed by atoms with Gasteiger partial charge in [0.05, 0.1) is 0 Å². The predicted octanol–water partition coefficient (Wildman–Crippen LogP) is 3.94. The largest absolute Gasteiger partial charge is 0.358 e. The number of fused-ring (bicyclic) bond motifs is 1. The molecule has 3 aromatic rings. The number of halogens is 1. The normalized spacial score (nSPS) is 17.8. The summed E-state index contributed by atoms with van der Waals surface area (Å²) in [5.41, 5.74) is 2.86. The number of aromatic amines is 1. The number of rotatable bonds is 2. The Morgan fingerprint density at radius 3 is 2.70 bits per heavy atom. The van der Waals surface area contributed by atoms with E-state index in [1.54, 1.807) is 12.1 Å². The van der Waals surface area contributed by atoms with E-state index < -0.39 is 0 Å². The van der Waals surface area contributed by atoms with Crippen molar-refractivity contribution in [2.24, 2.45) is 0 Å². The van der Waals surface area contributed by atoms with Crippen LogP contribution in [0.1, 0.15) is 28.4 Å². The minimum atomic E-state index is -0.320. The van der Waals surface area contributed by atoms with E-state index in [4.69, 9.17) is 0 Å². The quantitative estimate of drug-likeness (QED) is 0.765. The Morgan fingerprint density at radius 1 is 1.13 bits per heavy atom. The predicted molar refractivity (Wildman–Crippen MR) is 88.0 cm³/mol.